The summed E-state index contributed by atoms with van der Waals surface area (Å²) < 4.78 is 29.3. The van der Waals surface area contributed by atoms with Crippen LogP contribution in [0.1, 0.15) is 61.8 Å². The normalized spacial score (nSPS) is 15.6. The summed E-state index contributed by atoms with van der Waals surface area (Å²) in [6, 6.07) is 11.3. The summed E-state index contributed by atoms with van der Waals surface area (Å²) in [7, 11) is 1.64. The molecule has 1 aliphatic heterocycles. The van der Waals surface area contributed by atoms with Crippen LogP contribution in [0.4, 0.5) is 9.18 Å². The highest BCUT2D eigenvalue weighted by molar-refractivity contribution is 5.69. The van der Waals surface area contributed by atoms with E-state index in [-0.39, 0.29) is 18.0 Å². The molecule has 1 aliphatic rings. The van der Waals surface area contributed by atoms with Gasteiger partial charge >= 0.3 is 11.9 Å². The van der Waals surface area contributed by atoms with Crippen LogP contribution in [0.15, 0.2) is 36.4 Å². The molecule has 1 amide bonds. The van der Waals surface area contributed by atoms with Gasteiger partial charge in [0.05, 0.1) is 12.7 Å². The number of carbonyl (C=O) groups excluding carboxylic acids is 1. The third-order valence-electron chi connectivity index (χ3n) is 6.64. The summed E-state index contributed by atoms with van der Waals surface area (Å²) in [5.41, 5.74) is 4.32. The number of hydrogen-bond acceptors (Lipinski definition) is 4. The Hall–Kier alpha value is -3.55. The molecule has 2 N–H and O–H groups in total. The molecular weight excluding hydrogens is 459 g/mol. The van der Waals surface area contributed by atoms with E-state index in [0.717, 1.165) is 34.1 Å². The van der Waals surface area contributed by atoms with Crippen LogP contribution in [0.2, 0.25) is 0 Å². The SMILES string of the molecule is COc1ccc(C[n+]2c3c(n(N)c2-c2cc(C)c(F)c(C)c2)[C@H](C)N(C(=O)OC(C)(C)C)CC3)cc1. The first kappa shape index (κ1) is 25.5. The number of benzene rings is 2. The van der Waals surface area contributed by atoms with Crippen molar-refractivity contribution in [1.29, 1.82) is 0 Å². The fourth-order valence-corrected chi connectivity index (χ4v) is 4.95. The predicted molar refractivity (Wildman–Crippen MR) is 137 cm³/mol. The number of halogens is 1. The first-order chi connectivity index (χ1) is 16.9. The largest absolute Gasteiger partial charge is 0.497 e. The van der Waals surface area contributed by atoms with Gasteiger partial charge in [0.1, 0.15) is 29.8 Å². The van der Waals surface area contributed by atoms with E-state index in [0.29, 0.717) is 30.6 Å². The highest BCUT2D eigenvalue weighted by Gasteiger charge is 2.42. The Morgan fingerprint density at radius 2 is 1.78 bits per heavy atom. The third-order valence-corrected chi connectivity index (χ3v) is 6.64. The van der Waals surface area contributed by atoms with E-state index in [9.17, 15) is 9.18 Å². The molecule has 0 saturated carbocycles. The van der Waals surface area contributed by atoms with E-state index < -0.39 is 5.60 Å². The van der Waals surface area contributed by atoms with Gasteiger partial charge in [0.25, 0.3) is 0 Å². The molecule has 0 unspecified atom stereocenters. The number of imidazole rings is 1. The quantitative estimate of drug-likeness (QED) is 0.416. The second-order valence-corrected chi connectivity index (χ2v) is 10.5. The van der Waals surface area contributed by atoms with Crippen molar-refractivity contribution in [3.63, 3.8) is 0 Å². The molecule has 1 aromatic heterocycles. The van der Waals surface area contributed by atoms with Gasteiger partial charge in [-0.3, -0.25) is 10.7 Å². The van der Waals surface area contributed by atoms with Gasteiger partial charge in [0, 0.05) is 13.0 Å². The van der Waals surface area contributed by atoms with Gasteiger partial charge in [-0.1, -0.05) is 12.1 Å². The van der Waals surface area contributed by atoms with E-state index in [1.54, 1.807) is 30.5 Å². The molecule has 2 heterocycles. The molecular formula is C28H36FN4O3+. The van der Waals surface area contributed by atoms with Gasteiger partial charge in [0.15, 0.2) is 11.4 Å². The van der Waals surface area contributed by atoms with E-state index in [4.69, 9.17) is 15.3 Å². The fourth-order valence-electron chi connectivity index (χ4n) is 4.95. The lowest BCUT2D eigenvalue weighted by Gasteiger charge is -2.33. The van der Waals surface area contributed by atoms with E-state index in [1.807, 2.05) is 64.1 Å². The number of aromatic nitrogens is 2. The first-order valence-corrected chi connectivity index (χ1v) is 12.2. The average molecular weight is 496 g/mol. The van der Waals surface area contributed by atoms with Crippen LogP contribution in [-0.4, -0.2) is 34.9 Å². The number of nitrogen functional groups attached to an aromatic ring is 1. The minimum atomic E-state index is -0.593. The first-order valence-electron chi connectivity index (χ1n) is 12.2. The third kappa shape index (κ3) is 4.76. The minimum absolute atomic E-state index is 0.218. The molecule has 192 valence electrons. The number of amides is 1. The van der Waals surface area contributed by atoms with Gasteiger partial charge < -0.3 is 9.47 Å². The lowest BCUT2D eigenvalue weighted by Crippen LogP contribution is -2.46. The molecule has 8 heteroatoms. The highest BCUT2D eigenvalue weighted by atomic mass is 19.1. The van der Waals surface area contributed by atoms with Crippen LogP contribution in [-0.2, 0) is 17.7 Å². The summed E-state index contributed by atoms with van der Waals surface area (Å²) >= 11 is 0. The average Bonchev–Trinajstić information content (AvgIpc) is 3.08. The van der Waals surface area contributed by atoms with E-state index >= 15 is 0 Å². The minimum Gasteiger partial charge on any atom is -0.497 e. The van der Waals surface area contributed by atoms with Crippen LogP contribution in [0.25, 0.3) is 11.4 Å². The highest BCUT2D eigenvalue weighted by Crippen LogP contribution is 2.33. The smallest absolute Gasteiger partial charge is 0.410 e. The molecule has 0 fully saturated rings. The van der Waals surface area contributed by atoms with Crippen LogP contribution in [0, 0.1) is 19.7 Å². The molecule has 0 radical (unpaired) electrons. The maximum absolute atomic E-state index is 14.5. The molecule has 1 atom stereocenters. The summed E-state index contributed by atoms with van der Waals surface area (Å²) in [4.78, 5) is 14.7. The van der Waals surface area contributed by atoms with Crippen LogP contribution in [0.5, 0.6) is 5.75 Å². The molecule has 7 nitrogen and oxygen atoms in total. The fraction of sp³-hybridized carbons (Fsp3) is 0.429. The Bertz CT molecular complexity index is 1270. The Kier molecular flexibility index (Phi) is 6.73. The molecule has 4 rings (SSSR count). The van der Waals surface area contributed by atoms with E-state index in [1.165, 1.54) is 0 Å². The van der Waals surface area contributed by atoms with Crippen LogP contribution in [0.3, 0.4) is 0 Å². The van der Waals surface area contributed by atoms with Gasteiger partial charge in [0.2, 0.25) is 0 Å². The maximum Gasteiger partial charge on any atom is 0.410 e. The second kappa shape index (κ2) is 9.48. The Morgan fingerprint density at radius 1 is 1.17 bits per heavy atom. The predicted octanol–water partition coefficient (Wildman–Crippen LogP) is 4.82. The standard InChI is InChI=1S/C28H36FN4O3/c1-17-14-21(15-18(2)24(17)29)26-32(16-20-8-10-22(35-7)11-9-20)23-12-13-31(19(3)25(23)33(26)30)27(34)36-28(4,5)6/h8-11,14-15,19H,12-13,16,30H2,1-7H3/q+1/t19-/m0/s1. The summed E-state index contributed by atoms with van der Waals surface area (Å²) in [6.07, 6.45) is 0.254. The van der Waals surface area contributed by atoms with Crippen molar-refractivity contribution in [1.82, 2.24) is 9.58 Å². The zero-order chi connectivity index (χ0) is 26.4. The van der Waals surface area contributed by atoms with Crippen molar-refractivity contribution in [2.45, 2.75) is 66.2 Å². The number of nitrogens with two attached hydrogens (primary N) is 1. The lowest BCUT2D eigenvalue weighted by molar-refractivity contribution is -0.684. The van der Waals surface area contributed by atoms with Crippen molar-refractivity contribution < 1.29 is 23.2 Å². The topological polar surface area (TPSA) is 73.6 Å². The number of ether oxygens (including phenoxy) is 2. The second-order valence-electron chi connectivity index (χ2n) is 10.5. The maximum atomic E-state index is 14.5. The van der Waals surface area contributed by atoms with Crippen molar-refractivity contribution in [3.8, 4) is 17.1 Å². The number of carbonyl (C=O) groups is 1. The Labute approximate surface area is 212 Å². The monoisotopic (exact) mass is 495 g/mol. The van der Waals surface area contributed by atoms with Crippen LogP contribution >= 0.6 is 0 Å². The van der Waals surface area contributed by atoms with Crippen molar-refractivity contribution in [2.24, 2.45) is 0 Å². The van der Waals surface area contributed by atoms with Gasteiger partial charge in [-0.15, -0.1) is 4.68 Å². The lowest BCUT2D eigenvalue weighted by atomic mass is 10.0. The Morgan fingerprint density at radius 3 is 2.33 bits per heavy atom. The molecule has 0 saturated heterocycles. The molecule has 0 spiro atoms. The number of rotatable bonds is 4. The number of hydrogen-bond donors (Lipinski definition) is 1. The molecule has 0 aliphatic carbocycles. The van der Waals surface area contributed by atoms with Crippen molar-refractivity contribution in [2.75, 3.05) is 19.5 Å². The summed E-state index contributed by atoms with van der Waals surface area (Å²) in [5.74, 6) is 8.11. The number of nitrogens with zero attached hydrogens (tertiary/aromatic N) is 3. The van der Waals surface area contributed by atoms with E-state index in [2.05, 4.69) is 4.57 Å². The summed E-state index contributed by atoms with van der Waals surface area (Å²) in [6.45, 7) is 12.1. The summed E-state index contributed by atoms with van der Waals surface area (Å²) in [5, 5.41) is 0. The number of aryl methyl sites for hydroxylation is 2. The molecule has 0 bridgehead atoms. The van der Waals surface area contributed by atoms with Crippen LogP contribution < -0.4 is 15.1 Å². The zero-order valence-electron chi connectivity index (χ0n) is 22.2. The number of methoxy groups -OCH3 is 1. The zero-order valence-corrected chi connectivity index (χ0v) is 22.2. The molecule has 36 heavy (non-hydrogen) atoms. The van der Waals surface area contributed by atoms with Crippen molar-refractivity contribution >= 4 is 6.09 Å². The molecule has 3 aromatic rings. The number of fused-ring (bicyclic) bond motifs is 1. The molecule has 2 aromatic carbocycles. The van der Waals surface area contributed by atoms with Gasteiger partial charge in [-0.25, -0.2) is 13.8 Å². The van der Waals surface area contributed by atoms with Gasteiger partial charge in [-0.2, -0.15) is 0 Å². The van der Waals surface area contributed by atoms with Gasteiger partial charge in [-0.05, 0) is 82.5 Å². The Balaban J connectivity index is 1.85. The van der Waals surface area contributed by atoms with Crippen molar-refractivity contribution in [3.05, 3.63) is 70.3 Å².